The number of aliphatic hydroxyl groups excluding tert-OH is 1. The first-order valence-corrected chi connectivity index (χ1v) is 8.56. The Morgan fingerprint density at radius 2 is 2.16 bits per heavy atom. The van der Waals surface area contributed by atoms with E-state index < -0.39 is 22.7 Å². The van der Waals surface area contributed by atoms with Gasteiger partial charge >= 0.3 is 5.97 Å². The summed E-state index contributed by atoms with van der Waals surface area (Å²) >= 11 is 18.2. The molecule has 0 aromatic carbocycles. The molecule has 0 unspecified atom stereocenters. The molecule has 0 aliphatic carbocycles. The van der Waals surface area contributed by atoms with E-state index in [-0.39, 0.29) is 28.0 Å². The van der Waals surface area contributed by atoms with Gasteiger partial charge in [-0.15, -0.1) is 0 Å². The number of aromatic nitrogens is 2. The van der Waals surface area contributed by atoms with Gasteiger partial charge in [0.15, 0.2) is 11.0 Å². The molecule has 0 atom stereocenters. The van der Waals surface area contributed by atoms with Crippen LogP contribution >= 0.6 is 46.1 Å². The molecule has 0 bridgehead atoms. The summed E-state index contributed by atoms with van der Waals surface area (Å²) in [7, 11) is 0. The molecule has 0 amide bonds. The van der Waals surface area contributed by atoms with Gasteiger partial charge in [0.05, 0.1) is 18.4 Å². The molecule has 0 saturated heterocycles. The van der Waals surface area contributed by atoms with Gasteiger partial charge in [0, 0.05) is 6.21 Å². The molecule has 0 radical (unpaired) electrons. The van der Waals surface area contributed by atoms with Crippen molar-refractivity contribution in [2.75, 3.05) is 6.61 Å². The summed E-state index contributed by atoms with van der Waals surface area (Å²) in [5.41, 5.74) is -0.603. The Kier molecular flexibility index (Phi) is 6.71. The van der Waals surface area contributed by atoms with Crippen LogP contribution in [0.5, 0.6) is 0 Å². The number of esters is 1. The van der Waals surface area contributed by atoms with Gasteiger partial charge in [0.2, 0.25) is 5.13 Å². The standard InChI is InChI=1S/C14H9Cl3FN3O3S/c1-2-24-13(23)7(4-19-14-20-5-9(15)25-14)10(22)6-3-8(18)12(17)21-11(6)16/h3-5,22H,2H2,1H3/b10-7+,19-4+. The lowest BCUT2D eigenvalue weighted by molar-refractivity contribution is -0.137. The average Bonchev–Trinajstić information content (AvgIpc) is 2.96. The molecule has 0 spiro atoms. The highest BCUT2D eigenvalue weighted by Gasteiger charge is 2.20. The van der Waals surface area contributed by atoms with Gasteiger partial charge in [-0.25, -0.2) is 24.1 Å². The molecule has 0 fully saturated rings. The molecule has 25 heavy (non-hydrogen) atoms. The Labute approximate surface area is 160 Å². The van der Waals surface area contributed by atoms with Crippen LogP contribution in [-0.2, 0) is 9.53 Å². The summed E-state index contributed by atoms with van der Waals surface area (Å²) in [6.07, 6.45) is 2.40. The van der Waals surface area contributed by atoms with Crippen LogP contribution in [0.25, 0.3) is 5.76 Å². The summed E-state index contributed by atoms with van der Waals surface area (Å²) < 4.78 is 18.9. The van der Waals surface area contributed by atoms with Crippen LogP contribution in [0, 0.1) is 5.82 Å². The summed E-state index contributed by atoms with van der Waals surface area (Å²) in [6.45, 7) is 1.63. The third kappa shape index (κ3) is 4.88. The zero-order valence-corrected chi connectivity index (χ0v) is 15.5. The van der Waals surface area contributed by atoms with Crippen LogP contribution in [0.2, 0.25) is 14.6 Å². The lowest BCUT2D eigenvalue weighted by Gasteiger charge is -2.08. The Bertz CT molecular complexity index is 870. The SMILES string of the molecule is CCOC(=O)C(/C=N/c1ncc(Cl)s1)=C(/O)c1cc(F)c(Cl)nc1Cl. The van der Waals surface area contributed by atoms with Crippen molar-refractivity contribution >= 4 is 69.2 Å². The van der Waals surface area contributed by atoms with Crippen molar-refractivity contribution in [3.8, 4) is 0 Å². The summed E-state index contributed by atoms with van der Waals surface area (Å²) in [5.74, 6) is -2.48. The third-order valence-electron chi connectivity index (χ3n) is 2.66. The number of ether oxygens (including phenoxy) is 1. The highest BCUT2D eigenvalue weighted by molar-refractivity contribution is 7.19. The lowest BCUT2D eigenvalue weighted by atomic mass is 10.1. The van der Waals surface area contributed by atoms with Gasteiger partial charge in [-0.3, -0.25) is 0 Å². The van der Waals surface area contributed by atoms with E-state index in [2.05, 4.69) is 15.0 Å². The number of nitrogens with zero attached hydrogens (tertiary/aromatic N) is 3. The van der Waals surface area contributed by atoms with Crippen molar-refractivity contribution in [2.24, 2.45) is 4.99 Å². The molecule has 2 rings (SSSR count). The zero-order chi connectivity index (χ0) is 18.6. The first kappa shape index (κ1) is 19.6. The molecule has 6 nitrogen and oxygen atoms in total. The fourth-order valence-electron chi connectivity index (χ4n) is 1.60. The van der Waals surface area contributed by atoms with E-state index in [9.17, 15) is 14.3 Å². The fraction of sp³-hybridized carbons (Fsp3) is 0.143. The number of carbonyl (C=O) groups is 1. The van der Waals surface area contributed by atoms with Crippen molar-refractivity contribution in [1.29, 1.82) is 0 Å². The predicted octanol–water partition coefficient (Wildman–Crippen LogP) is 4.87. The van der Waals surface area contributed by atoms with Gasteiger partial charge in [0.1, 0.15) is 20.8 Å². The molecule has 132 valence electrons. The number of aliphatic imine (C=N–C) groups is 1. The number of carbonyl (C=O) groups excluding carboxylic acids is 1. The molecule has 0 aliphatic heterocycles. The quantitative estimate of drug-likeness (QED) is 0.243. The molecular weight excluding hydrogens is 416 g/mol. The number of pyridine rings is 1. The molecule has 2 aromatic heterocycles. The highest BCUT2D eigenvalue weighted by Crippen LogP contribution is 2.28. The number of halogens is 4. The summed E-state index contributed by atoms with van der Waals surface area (Å²) in [5, 5.41) is 9.85. The maximum Gasteiger partial charge on any atom is 0.343 e. The average molecular weight is 425 g/mol. The monoisotopic (exact) mass is 423 g/mol. The minimum absolute atomic E-state index is 0.0491. The Hall–Kier alpha value is -1.74. The number of aliphatic hydroxyl groups is 1. The van der Waals surface area contributed by atoms with Crippen LogP contribution in [0.1, 0.15) is 12.5 Å². The third-order valence-corrected chi connectivity index (χ3v) is 4.24. The van der Waals surface area contributed by atoms with Gasteiger partial charge in [-0.05, 0) is 13.0 Å². The highest BCUT2D eigenvalue weighted by atomic mass is 35.5. The van der Waals surface area contributed by atoms with Crippen LogP contribution in [0.15, 0.2) is 22.8 Å². The summed E-state index contributed by atoms with van der Waals surface area (Å²) in [4.78, 5) is 23.5. The minimum Gasteiger partial charge on any atom is -0.506 e. The summed E-state index contributed by atoms with van der Waals surface area (Å²) in [6, 6.07) is 0.848. The van der Waals surface area contributed by atoms with Gasteiger partial charge in [-0.2, -0.15) is 0 Å². The van der Waals surface area contributed by atoms with Crippen LogP contribution in [0.3, 0.4) is 0 Å². The van der Waals surface area contributed by atoms with Gasteiger partial charge < -0.3 is 9.84 Å². The second kappa shape index (κ2) is 8.57. The Morgan fingerprint density at radius 3 is 2.76 bits per heavy atom. The molecular formula is C14H9Cl3FN3O3S. The van der Waals surface area contributed by atoms with Crippen LogP contribution in [0.4, 0.5) is 9.52 Å². The van der Waals surface area contributed by atoms with Crippen molar-refractivity contribution in [1.82, 2.24) is 9.97 Å². The van der Waals surface area contributed by atoms with Gasteiger partial charge in [-0.1, -0.05) is 46.1 Å². The second-order valence-electron chi connectivity index (χ2n) is 4.29. The van der Waals surface area contributed by atoms with Crippen molar-refractivity contribution in [3.63, 3.8) is 0 Å². The smallest absolute Gasteiger partial charge is 0.343 e. The van der Waals surface area contributed by atoms with Crippen molar-refractivity contribution in [3.05, 3.63) is 43.9 Å². The number of hydrogen-bond donors (Lipinski definition) is 1. The topological polar surface area (TPSA) is 84.7 Å². The molecule has 0 saturated carbocycles. The zero-order valence-electron chi connectivity index (χ0n) is 12.5. The van der Waals surface area contributed by atoms with E-state index in [0.29, 0.717) is 4.34 Å². The second-order valence-corrected chi connectivity index (χ2v) is 6.64. The van der Waals surface area contributed by atoms with E-state index in [1.54, 1.807) is 6.92 Å². The predicted molar refractivity (Wildman–Crippen MR) is 95.7 cm³/mol. The molecule has 2 heterocycles. The van der Waals surface area contributed by atoms with E-state index >= 15 is 0 Å². The van der Waals surface area contributed by atoms with E-state index in [1.165, 1.54) is 6.20 Å². The molecule has 11 heteroatoms. The van der Waals surface area contributed by atoms with E-state index in [4.69, 9.17) is 39.5 Å². The normalized spacial score (nSPS) is 12.4. The minimum atomic E-state index is -0.917. The maximum absolute atomic E-state index is 13.6. The first-order chi connectivity index (χ1) is 11.8. The van der Waals surface area contributed by atoms with Crippen molar-refractivity contribution in [2.45, 2.75) is 6.92 Å². The fourth-order valence-corrected chi connectivity index (χ4v) is 2.76. The molecule has 1 N–H and O–H groups in total. The first-order valence-electron chi connectivity index (χ1n) is 6.61. The molecule has 0 aliphatic rings. The van der Waals surface area contributed by atoms with E-state index in [0.717, 1.165) is 23.6 Å². The number of thiazole rings is 1. The number of rotatable bonds is 5. The number of hydrogen-bond acceptors (Lipinski definition) is 7. The maximum atomic E-state index is 13.6. The molecule has 2 aromatic rings. The van der Waals surface area contributed by atoms with Crippen molar-refractivity contribution < 1.29 is 19.0 Å². The largest absolute Gasteiger partial charge is 0.506 e. The van der Waals surface area contributed by atoms with Gasteiger partial charge in [0.25, 0.3) is 0 Å². The Morgan fingerprint density at radius 1 is 1.44 bits per heavy atom. The van der Waals surface area contributed by atoms with E-state index in [1.807, 2.05) is 0 Å². The van der Waals surface area contributed by atoms with Crippen LogP contribution < -0.4 is 0 Å². The van der Waals surface area contributed by atoms with Crippen LogP contribution in [-0.4, -0.2) is 33.9 Å². The lowest BCUT2D eigenvalue weighted by Crippen LogP contribution is -2.11. The Balaban J connectivity index is 2.52.